The predicted molar refractivity (Wildman–Crippen MR) is 154 cm³/mol. The molecular weight excluding hydrogens is 587 g/mol. The molecule has 3 N–H and O–H groups in total. The third-order valence-corrected chi connectivity index (χ3v) is 8.17. The number of alkyl halides is 3. The molecule has 4 rings (SSSR count). The lowest BCUT2D eigenvalue weighted by molar-refractivity contribution is -0.193. The first-order chi connectivity index (χ1) is 20.1. The van der Waals surface area contributed by atoms with Gasteiger partial charge in [-0.25, -0.2) is 18.0 Å². The third kappa shape index (κ3) is 8.21. The van der Waals surface area contributed by atoms with Gasteiger partial charge in [0.15, 0.2) is 0 Å². The van der Waals surface area contributed by atoms with Gasteiger partial charge in [0.1, 0.15) is 0 Å². The Balaban J connectivity index is 1.30. The van der Waals surface area contributed by atoms with Crippen molar-refractivity contribution >= 4 is 38.6 Å². The van der Waals surface area contributed by atoms with E-state index in [0.29, 0.717) is 29.6 Å². The summed E-state index contributed by atoms with van der Waals surface area (Å²) in [5.74, 6) is -3.96. The highest BCUT2D eigenvalue weighted by atomic mass is 32.2. The Kier molecular flexibility index (Phi) is 9.28. The Bertz CT molecular complexity index is 1700. The fraction of sp³-hybridized carbons (Fsp3) is 0.267. The average Bonchev–Trinajstić information content (AvgIpc) is 3.37. The topological polar surface area (TPSA) is 127 Å². The molecule has 0 saturated carbocycles. The summed E-state index contributed by atoms with van der Waals surface area (Å²) in [6, 6.07) is 20.4. The van der Waals surface area contributed by atoms with Crippen LogP contribution in [0.5, 0.6) is 0 Å². The molecule has 0 spiro atoms. The zero-order valence-electron chi connectivity index (χ0n) is 23.3. The minimum atomic E-state index is -5.27. The highest BCUT2D eigenvalue weighted by molar-refractivity contribution is 7.92. The fourth-order valence-corrected chi connectivity index (χ4v) is 5.37. The average molecular weight is 618 g/mol. The summed E-state index contributed by atoms with van der Waals surface area (Å²) in [7, 11) is -3.73. The van der Waals surface area contributed by atoms with Gasteiger partial charge in [-0.05, 0) is 74.4 Å². The number of nitrogens with one attached hydrogen (secondary N) is 2. The number of rotatable bonds is 11. The van der Waals surface area contributed by atoms with E-state index in [0.717, 1.165) is 5.52 Å². The van der Waals surface area contributed by atoms with Crippen LogP contribution in [-0.4, -0.2) is 48.3 Å². The van der Waals surface area contributed by atoms with Crippen molar-refractivity contribution in [2.45, 2.75) is 49.5 Å². The molecule has 43 heavy (non-hydrogen) atoms. The van der Waals surface area contributed by atoms with Crippen LogP contribution >= 0.6 is 0 Å². The van der Waals surface area contributed by atoms with Gasteiger partial charge in [-0.15, -0.1) is 0 Å². The second kappa shape index (κ2) is 12.6. The van der Waals surface area contributed by atoms with Crippen LogP contribution in [0.2, 0.25) is 0 Å². The number of halogens is 3. The summed E-state index contributed by atoms with van der Waals surface area (Å²) in [5, 5.41) is 14.6. The minimum absolute atomic E-state index is 0.144. The van der Waals surface area contributed by atoms with Gasteiger partial charge in [0.25, 0.3) is 10.0 Å². The molecule has 0 fully saturated rings. The Morgan fingerprint density at radius 1 is 0.977 bits per heavy atom. The number of benzene rings is 3. The second-order valence-electron chi connectivity index (χ2n) is 10.5. The van der Waals surface area contributed by atoms with Crippen molar-refractivity contribution in [2.24, 2.45) is 0 Å². The maximum atomic E-state index is 12.5. The van der Waals surface area contributed by atoms with Crippen LogP contribution in [0.25, 0.3) is 10.9 Å². The van der Waals surface area contributed by atoms with Gasteiger partial charge in [-0.1, -0.05) is 30.3 Å². The number of hydrogen-bond donors (Lipinski definition) is 3. The van der Waals surface area contributed by atoms with Crippen LogP contribution in [0.1, 0.15) is 42.3 Å². The number of aliphatic hydroxyl groups excluding tert-OH is 1. The Labute approximate surface area is 246 Å². The molecule has 9 nitrogen and oxygen atoms in total. The van der Waals surface area contributed by atoms with Gasteiger partial charge in [-0.3, -0.25) is 4.72 Å². The number of carbonyl (C=O) groups is 2. The molecule has 0 amide bonds. The second-order valence-corrected chi connectivity index (χ2v) is 12.2. The zero-order chi connectivity index (χ0) is 31.4. The number of fused-ring (bicyclic) bond motifs is 1. The Morgan fingerprint density at radius 3 is 2.30 bits per heavy atom. The number of hydrogen-bond acceptors (Lipinski definition) is 7. The van der Waals surface area contributed by atoms with Crippen LogP contribution in [0.3, 0.4) is 0 Å². The van der Waals surface area contributed by atoms with Crippen molar-refractivity contribution in [1.29, 1.82) is 0 Å². The Hall–Kier alpha value is -4.20. The molecule has 0 aliphatic rings. The number of anilines is 1. The van der Waals surface area contributed by atoms with Crippen molar-refractivity contribution < 1.29 is 41.0 Å². The molecule has 0 radical (unpaired) electrons. The van der Waals surface area contributed by atoms with Gasteiger partial charge in [0.2, 0.25) is 0 Å². The number of carbonyl (C=O) groups excluding carboxylic acids is 2. The minimum Gasteiger partial charge on any atom is -0.387 e. The SMILES string of the molecule is CC(C)(CCn1ccc2cc(C(=O)OC(=O)C(F)(F)F)ccc21)NC[C@H](O)c1ccc(NS(=O)(=O)c2ccccc2)cc1. The third-order valence-electron chi connectivity index (χ3n) is 6.78. The number of sulfonamides is 1. The molecule has 0 aliphatic carbocycles. The number of nitrogens with zero attached hydrogens (tertiary/aromatic N) is 1. The number of aromatic nitrogens is 1. The molecule has 1 atom stereocenters. The number of aliphatic hydroxyl groups is 1. The summed E-state index contributed by atoms with van der Waals surface area (Å²) in [6.45, 7) is 4.72. The normalized spacial score (nSPS) is 13.1. The summed E-state index contributed by atoms with van der Waals surface area (Å²) < 4.78 is 70.6. The van der Waals surface area contributed by atoms with E-state index in [4.69, 9.17) is 0 Å². The molecular formula is C30H30F3N3O6S. The molecule has 3 aromatic carbocycles. The molecule has 4 aromatic rings. The molecule has 0 aliphatic heterocycles. The number of ether oxygens (including phenoxy) is 1. The molecule has 0 unspecified atom stereocenters. The zero-order valence-corrected chi connectivity index (χ0v) is 24.1. The monoisotopic (exact) mass is 617 g/mol. The van der Waals surface area contributed by atoms with E-state index in [2.05, 4.69) is 14.8 Å². The first-order valence-corrected chi connectivity index (χ1v) is 14.7. The van der Waals surface area contributed by atoms with Crippen molar-refractivity contribution in [3.63, 3.8) is 0 Å². The van der Waals surface area contributed by atoms with Gasteiger partial charge in [0, 0.05) is 41.4 Å². The van der Waals surface area contributed by atoms with Crippen LogP contribution in [0.4, 0.5) is 18.9 Å². The lowest BCUT2D eigenvalue weighted by Crippen LogP contribution is -2.42. The summed E-state index contributed by atoms with van der Waals surface area (Å²) in [4.78, 5) is 23.1. The van der Waals surface area contributed by atoms with Crippen LogP contribution < -0.4 is 10.0 Å². The standard InChI is InChI=1S/C30H30F3N3O6S/c1-29(2,15-17-36-16-14-21-18-22(10-13-25(21)36)27(38)42-28(39)30(31,32)33)34-19-26(37)20-8-11-23(12-9-20)35-43(40,41)24-6-4-3-5-7-24/h3-14,16,18,26,34-35,37H,15,17,19H2,1-2H3/t26-/m0/s1. The fourth-order valence-electron chi connectivity index (χ4n) is 4.29. The number of β-amino-alcohol motifs (C(OH)–C–C–N with tert-alkyl or cyclic N) is 1. The highest BCUT2D eigenvalue weighted by Gasteiger charge is 2.42. The first kappa shape index (κ1) is 31.7. The quantitative estimate of drug-likeness (QED) is 0.156. The van der Waals surface area contributed by atoms with Gasteiger partial charge in [0.05, 0.1) is 16.6 Å². The van der Waals surface area contributed by atoms with Crippen LogP contribution in [0, 0.1) is 0 Å². The maximum Gasteiger partial charge on any atom is 0.491 e. The first-order valence-electron chi connectivity index (χ1n) is 13.2. The summed E-state index contributed by atoms with van der Waals surface area (Å²) in [6.07, 6.45) is -3.71. The Morgan fingerprint density at radius 2 is 1.65 bits per heavy atom. The highest BCUT2D eigenvalue weighted by Crippen LogP contribution is 2.23. The molecule has 13 heteroatoms. The van der Waals surface area contributed by atoms with Crippen molar-refractivity contribution in [2.75, 3.05) is 11.3 Å². The summed E-state index contributed by atoms with van der Waals surface area (Å²) in [5.41, 5.74) is 1.11. The molecule has 1 aromatic heterocycles. The van der Waals surface area contributed by atoms with E-state index >= 15 is 0 Å². The van der Waals surface area contributed by atoms with Gasteiger partial charge in [-0.2, -0.15) is 13.2 Å². The largest absolute Gasteiger partial charge is 0.491 e. The van der Waals surface area contributed by atoms with E-state index < -0.39 is 39.8 Å². The van der Waals surface area contributed by atoms with Gasteiger partial charge < -0.3 is 19.7 Å². The van der Waals surface area contributed by atoms with Crippen molar-refractivity contribution in [3.8, 4) is 0 Å². The predicted octanol–water partition coefficient (Wildman–Crippen LogP) is 5.18. The lowest BCUT2D eigenvalue weighted by atomic mass is 9.99. The molecule has 228 valence electrons. The van der Waals surface area contributed by atoms with Crippen molar-refractivity contribution in [1.82, 2.24) is 9.88 Å². The van der Waals surface area contributed by atoms with Crippen molar-refractivity contribution in [3.05, 3.63) is 96.2 Å². The molecule has 0 bridgehead atoms. The van der Waals surface area contributed by atoms with E-state index in [1.807, 2.05) is 18.4 Å². The van der Waals surface area contributed by atoms with Crippen LogP contribution in [-0.2, 0) is 26.1 Å². The van der Waals surface area contributed by atoms with E-state index in [-0.39, 0.29) is 17.0 Å². The van der Waals surface area contributed by atoms with Gasteiger partial charge >= 0.3 is 18.1 Å². The smallest absolute Gasteiger partial charge is 0.387 e. The maximum absolute atomic E-state index is 12.5. The van der Waals surface area contributed by atoms with Crippen LogP contribution in [0.15, 0.2) is 90.0 Å². The van der Waals surface area contributed by atoms with E-state index in [1.165, 1.54) is 24.3 Å². The van der Waals surface area contributed by atoms with E-state index in [9.17, 15) is 36.3 Å². The molecule has 1 heterocycles. The number of aryl methyl sites for hydroxylation is 1. The summed E-state index contributed by atoms with van der Waals surface area (Å²) >= 11 is 0. The van der Waals surface area contributed by atoms with E-state index in [1.54, 1.807) is 60.8 Å². The molecule has 0 saturated heterocycles. The lowest BCUT2D eigenvalue weighted by Gasteiger charge is -2.28. The number of esters is 2.